The molecule has 0 saturated carbocycles. The first-order chi connectivity index (χ1) is 5.66. The maximum Gasteiger partial charge on any atom is 0.220 e. The molecule has 0 fully saturated rings. The summed E-state index contributed by atoms with van der Waals surface area (Å²) in [6, 6.07) is 0. The zero-order valence-corrected chi connectivity index (χ0v) is 8.44. The second-order valence-electron chi connectivity index (χ2n) is 2.88. The Morgan fingerprint density at radius 3 is 2.83 bits per heavy atom. The van der Waals surface area contributed by atoms with Crippen LogP contribution < -0.4 is 11.1 Å². The van der Waals surface area contributed by atoms with Crippen LogP contribution in [0.2, 0.25) is 0 Å². The molecule has 0 bridgehead atoms. The van der Waals surface area contributed by atoms with Gasteiger partial charge in [0.2, 0.25) is 5.91 Å². The van der Waals surface area contributed by atoms with Crippen LogP contribution in [0.5, 0.6) is 0 Å². The van der Waals surface area contributed by atoms with Gasteiger partial charge in [0.15, 0.2) is 0 Å². The van der Waals surface area contributed by atoms with Gasteiger partial charge in [0.05, 0.1) is 0 Å². The Bertz CT molecular complexity index is 128. The van der Waals surface area contributed by atoms with Crippen LogP contribution in [0.25, 0.3) is 0 Å². The van der Waals surface area contributed by atoms with E-state index in [0.717, 1.165) is 12.8 Å². The highest BCUT2D eigenvalue weighted by Gasteiger charge is 2.00. The summed E-state index contributed by atoms with van der Waals surface area (Å²) in [5.41, 5.74) is 5.23. The molecule has 0 spiro atoms. The lowest BCUT2D eigenvalue weighted by Crippen LogP contribution is -2.28. The summed E-state index contributed by atoms with van der Waals surface area (Å²) < 4.78 is 0. The van der Waals surface area contributed by atoms with E-state index in [2.05, 4.69) is 17.9 Å². The van der Waals surface area contributed by atoms with Crippen molar-refractivity contribution in [3.05, 3.63) is 0 Å². The number of hydrogen-bond donors (Lipinski definition) is 3. The summed E-state index contributed by atoms with van der Waals surface area (Å²) in [5.74, 6) is 0.0921. The third kappa shape index (κ3) is 7.88. The standard InChI is InChI=1S/C8H18N2OS/c1-7(12)3-2-4-8(11)10-6-5-9/h7,12H,2-6,9H2,1H3,(H,10,11). The zero-order valence-electron chi connectivity index (χ0n) is 7.55. The number of thiol groups is 1. The number of carbonyl (C=O) groups excluding carboxylic acids is 1. The van der Waals surface area contributed by atoms with E-state index in [9.17, 15) is 4.79 Å². The van der Waals surface area contributed by atoms with Gasteiger partial charge in [0, 0.05) is 19.5 Å². The van der Waals surface area contributed by atoms with Crippen molar-refractivity contribution >= 4 is 18.5 Å². The van der Waals surface area contributed by atoms with Crippen LogP contribution >= 0.6 is 12.6 Å². The fourth-order valence-corrected chi connectivity index (χ4v) is 1.04. The van der Waals surface area contributed by atoms with Crippen LogP contribution in [-0.4, -0.2) is 24.2 Å². The van der Waals surface area contributed by atoms with Crippen LogP contribution in [0.3, 0.4) is 0 Å². The molecule has 12 heavy (non-hydrogen) atoms. The summed E-state index contributed by atoms with van der Waals surface area (Å²) in [6.45, 7) is 3.12. The van der Waals surface area contributed by atoms with Gasteiger partial charge in [-0.1, -0.05) is 6.92 Å². The molecule has 1 atom stereocenters. The third-order valence-corrected chi connectivity index (χ3v) is 1.75. The Morgan fingerprint density at radius 2 is 2.33 bits per heavy atom. The minimum atomic E-state index is 0.0921. The molecule has 0 aliphatic heterocycles. The van der Waals surface area contributed by atoms with E-state index in [4.69, 9.17) is 5.73 Å². The van der Waals surface area contributed by atoms with Crippen LogP contribution in [0, 0.1) is 0 Å². The first kappa shape index (κ1) is 11.8. The van der Waals surface area contributed by atoms with Crippen molar-refractivity contribution < 1.29 is 4.79 Å². The average molecular weight is 190 g/mol. The van der Waals surface area contributed by atoms with E-state index in [-0.39, 0.29) is 5.91 Å². The minimum absolute atomic E-state index is 0.0921. The molecule has 3 nitrogen and oxygen atoms in total. The van der Waals surface area contributed by atoms with E-state index >= 15 is 0 Å². The van der Waals surface area contributed by atoms with Gasteiger partial charge in [-0.05, 0) is 18.1 Å². The second-order valence-corrected chi connectivity index (χ2v) is 3.76. The lowest BCUT2D eigenvalue weighted by Gasteiger charge is -2.04. The molecule has 1 unspecified atom stereocenters. The van der Waals surface area contributed by atoms with Gasteiger partial charge in [0.1, 0.15) is 0 Å². The number of hydrogen-bond acceptors (Lipinski definition) is 3. The fraction of sp³-hybridized carbons (Fsp3) is 0.875. The van der Waals surface area contributed by atoms with Crippen LogP contribution in [0.15, 0.2) is 0 Å². The molecule has 0 aliphatic rings. The molecular weight excluding hydrogens is 172 g/mol. The Hall–Kier alpha value is -0.220. The van der Waals surface area contributed by atoms with Crippen LogP contribution in [-0.2, 0) is 4.79 Å². The molecule has 3 N–H and O–H groups in total. The SMILES string of the molecule is CC(S)CCCC(=O)NCCN. The Balaban J connectivity index is 3.20. The summed E-state index contributed by atoms with van der Waals surface area (Å²) in [5, 5.41) is 3.10. The molecule has 0 radical (unpaired) electrons. The van der Waals surface area contributed by atoms with Gasteiger partial charge in [-0.3, -0.25) is 4.79 Å². The van der Waals surface area contributed by atoms with Crippen LogP contribution in [0.4, 0.5) is 0 Å². The molecule has 0 rings (SSSR count). The second kappa shape index (κ2) is 7.43. The number of nitrogens with one attached hydrogen (secondary N) is 1. The average Bonchev–Trinajstić information content (AvgIpc) is 2.00. The van der Waals surface area contributed by atoms with Gasteiger partial charge < -0.3 is 11.1 Å². The molecule has 0 aliphatic carbocycles. The topological polar surface area (TPSA) is 55.1 Å². The van der Waals surface area contributed by atoms with E-state index in [1.54, 1.807) is 0 Å². The fourth-order valence-electron chi connectivity index (χ4n) is 0.858. The van der Waals surface area contributed by atoms with Crippen molar-refractivity contribution in [2.24, 2.45) is 5.73 Å². The Labute approximate surface area is 79.5 Å². The van der Waals surface area contributed by atoms with Crippen molar-refractivity contribution in [3.8, 4) is 0 Å². The summed E-state index contributed by atoms with van der Waals surface area (Å²) in [4.78, 5) is 11.0. The highest BCUT2D eigenvalue weighted by molar-refractivity contribution is 7.80. The Kier molecular flexibility index (Phi) is 7.29. The van der Waals surface area contributed by atoms with Gasteiger partial charge in [-0.15, -0.1) is 0 Å². The van der Waals surface area contributed by atoms with Crippen molar-refractivity contribution in [2.45, 2.75) is 31.4 Å². The predicted molar refractivity (Wildman–Crippen MR) is 54.4 cm³/mol. The molecule has 0 aromatic heterocycles. The normalized spacial score (nSPS) is 12.6. The number of rotatable bonds is 6. The quantitative estimate of drug-likeness (QED) is 0.536. The number of nitrogens with two attached hydrogens (primary N) is 1. The number of carbonyl (C=O) groups is 1. The highest BCUT2D eigenvalue weighted by Crippen LogP contribution is 2.05. The van der Waals surface area contributed by atoms with Gasteiger partial charge in [0.25, 0.3) is 0 Å². The van der Waals surface area contributed by atoms with Crippen molar-refractivity contribution in [1.82, 2.24) is 5.32 Å². The molecule has 4 heteroatoms. The van der Waals surface area contributed by atoms with E-state index in [1.165, 1.54) is 0 Å². The lowest BCUT2D eigenvalue weighted by molar-refractivity contribution is -0.121. The smallest absolute Gasteiger partial charge is 0.220 e. The summed E-state index contributed by atoms with van der Waals surface area (Å²) >= 11 is 4.22. The van der Waals surface area contributed by atoms with Gasteiger partial charge in [-0.2, -0.15) is 12.6 Å². The van der Waals surface area contributed by atoms with Crippen molar-refractivity contribution in [1.29, 1.82) is 0 Å². The molecule has 0 saturated heterocycles. The number of amides is 1. The minimum Gasteiger partial charge on any atom is -0.355 e. The maximum absolute atomic E-state index is 11.0. The third-order valence-electron chi connectivity index (χ3n) is 1.49. The molecule has 0 heterocycles. The predicted octanol–water partition coefficient (Wildman–Crippen LogP) is 0.550. The van der Waals surface area contributed by atoms with Crippen LogP contribution in [0.1, 0.15) is 26.2 Å². The molecule has 72 valence electrons. The van der Waals surface area contributed by atoms with Gasteiger partial charge in [-0.25, -0.2) is 0 Å². The molecule has 1 amide bonds. The monoisotopic (exact) mass is 190 g/mol. The highest BCUT2D eigenvalue weighted by atomic mass is 32.1. The van der Waals surface area contributed by atoms with Crippen molar-refractivity contribution in [2.75, 3.05) is 13.1 Å². The van der Waals surface area contributed by atoms with Gasteiger partial charge >= 0.3 is 0 Å². The molecular formula is C8H18N2OS. The van der Waals surface area contributed by atoms with E-state index in [0.29, 0.717) is 24.8 Å². The molecule has 0 aromatic carbocycles. The maximum atomic E-state index is 11.0. The lowest BCUT2D eigenvalue weighted by atomic mass is 10.2. The first-order valence-electron chi connectivity index (χ1n) is 4.31. The van der Waals surface area contributed by atoms with E-state index in [1.807, 2.05) is 6.92 Å². The first-order valence-corrected chi connectivity index (χ1v) is 4.83. The zero-order chi connectivity index (χ0) is 9.40. The molecule has 0 aromatic rings. The summed E-state index contributed by atoms with van der Waals surface area (Å²) in [6.07, 6.45) is 2.48. The van der Waals surface area contributed by atoms with Crippen molar-refractivity contribution in [3.63, 3.8) is 0 Å². The Morgan fingerprint density at radius 1 is 1.67 bits per heavy atom. The summed E-state index contributed by atoms with van der Waals surface area (Å²) in [7, 11) is 0. The largest absolute Gasteiger partial charge is 0.355 e. The van der Waals surface area contributed by atoms with E-state index < -0.39 is 0 Å².